The van der Waals surface area contributed by atoms with Gasteiger partial charge in [0.05, 0.1) is 13.2 Å². The maximum Gasteiger partial charge on any atom is 0.122 e. The maximum atomic E-state index is 10.5. The predicted molar refractivity (Wildman–Crippen MR) is 85.3 cm³/mol. The molecule has 2 aromatic carbocycles. The van der Waals surface area contributed by atoms with Crippen LogP contribution in [0.4, 0.5) is 0 Å². The molecule has 2 aromatic rings. The number of rotatable bonds is 4. The summed E-state index contributed by atoms with van der Waals surface area (Å²) in [5, 5.41) is 10.5. The first kappa shape index (κ1) is 15.1. The van der Waals surface area contributed by atoms with Crippen LogP contribution < -0.4 is 4.74 Å². The molecule has 0 radical (unpaired) electrons. The van der Waals surface area contributed by atoms with Crippen LogP contribution in [-0.4, -0.2) is 12.2 Å². The van der Waals surface area contributed by atoms with Crippen molar-refractivity contribution in [3.63, 3.8) is 0 Å². The average molecular weight is 335 g/mol. The van der Waals surface area contributed by atoms with Crippen molar-refractivity contribution in [2.45, 2.75) is 26.4 Å². The monoisotopic (exact) mass is 334 g/mol. The Morgan fingerprint density at radius 2 is 1.75 bits per heavy atom. The average Bonchev–Trinajstić information content (AvgIpc) is 2.43. The Bertz CT molecular complexity index is 591. The Balaban J connectivity index is 2.22. The van der Waals surface area contributed by atoms with Crippen LogP contribution in [0.2, 0.25) is 0 Å². The molecular formula is C17H19BrO2. The molecule has 0 amide bonds. The second-order valence-corrected chi connectivity index (χ2v) is 5.94. The molecule has 0 heterocycles. The lowest BCUT2D eigenvalue weighted by Crippen LogP contribution is -2.05. The number of methoxy groups -OCH3 is 1. The molecular weight excluding hydrogens is 316 g/mol. The Morgan fingerprint density at radius 1 is 1.10 bits per heavy atom. The first-order chi connectivity index (χ1) is 9.51. The molecule has 0 aliphatic rings. The molecule has 1 unspecified atom stereocenters. The molecule has 2 nitrogen and oxygen atoms in total. The van der Waals surface area contributed by atoms with Gasteiger partial charge >= 0.3 is 0 Å². The van der Waals surface area contributed by atoms with Crippen molar-refractivity contribution < 1.29 is 9.84 Å². The number of aliphatic hydroxyl groups is 1. The largest absolute Gasteiger partial charge is 0.496 e. The van der Waals surface area contributed by atoms with Gasteiger partial charge in [-0.3, -0.25) is 0 Å². The molecule has 0 spiro atoms. The lowest BCUT2D eigenvalue weighted by Gasteiger charge is -2.16. The van der Waals surface area contributed by atoms with E-state index in [0.29, 0.717) is 6.42 Å². The van der Waals surface area contributed by atoms with Crippen LogP contribution in [0.1, 0.15) is 28.4 Å². The third kappa shape index (κ3) is 3.41. The number of benzene rings is 2. The standard InChI is InChI=1S/C17H19BrO2/c1-11-9-17(20-3)12(2)8-15(11)16(19)10-13-4-6-14(18)7-5-13/h4-9,16,19H,10H2,1-3H3. The SMILES string of the molecule is COc1cc(C)c(C(O)Cc2ccc(Br)cc2)cc1C. The van der Waals surface area contributed by atoms with Gasteiger partial charge in [-0.15, -0.1) is 0 Å². The molecule has 106 valence electrons. The number of halogens is 1. The van der Waals surface area contributed by atoms with E-state index in [9.17, 15) is 5.11 Å². The molecule has 20 heavy (non-hydrogen) atoms. The van der Waals surface area contributed by atoms with Crippen molar-refractivity contribution in [1.82, 2.24) is 0 Å². The Hall–Kier alpha value is -1.32. The minimum absolute atomic E-state index is 0.499. The minimum atomic E-state index is -0.499. The fraction of sp³-hybridized carbons (Fsp3) is 0.294. The molecule has 0 fully saturated rings. The molecule has 0 aliphatic carbocycles. The molecule has 1 N–H and O–H groups in total. The van der Waals surface area contributed by atoms with Gasteiger partial charge in [0, 0.05) is 10.9 Å². The molecule has 3 heteroatoms. The fourth-order valence-electron chi connectivity index (χ4n) is 2.34. The second kappa shape index (κ2) is 6.42. The van der Waals surface area contributed by atoms with Gasteiger partial charge in [-0.05, 0) is 60.4 Å². The van der Waals surface area contributed by atoms with E-state index in [-0.39, 0.29) is 0 Å². The molecule has 0 bridgehead atoms. The van der Waals surface area contributed by atoms with Crippen LogP contribution in [0.25, 0.3) is 0 Å². The summed E-state index contributed by atoms with van der Waals surface area (Å²) in [6.07, 6.45) is 0.112. The van der Waals surface area contributed by atoms with Gasteiger partial charge in [0.15, 0.2) is 0 Å². The van der Waals surface area contributed by atoms with E-state index < -0.39 is 6.10 Å². The highest BCUT2D eigenvalue weighted by molar-refractivity contribution is 9.10. The summed E-state index contributed by atoms with van der Waals surface area (Å²) >= 11 is 3.42. The smallest absolute Gasteiger partial charge is 0.122 e. The first-order valence-corrected chi connectivity index (χ1v) is 7.38. The van der Waals surface area contributed by atoms with Gasteiger partial charge in [-0.25, -0.2) is 0 Å². The van der Waals surface area contributed by atoms with Crippen molar-refractivity contribution in [2.24, 2.45) is 0 Å². The van der Waals surface area contributed by atoms with Gasteiger partial charge in [0.25, 0.3) is 0 Å². The Kier molecular flexibility index (Phi) is 4.84. The number of hydrogen-bond acceptors (Lipinski definition) is 2. The molecule has 2 rings (SSSR count). The zero-order valence-corrected chi connectivity index (χ0v) is 13.6. The summed E-state index contributed by atoms with van der Waals surface area (Å²) in [4.78, 5) is 0. The number of aliphatic hydroxyl groups excluding tert-OH is 1. The Morgan fingerprint density at radius 3 is 2.35 bits per heavy atom. The third-order valence-corrected chi connectivity index (χ3v) is 4.01. The van der Waals surface area contributed by atoms with Crippen LogP contribution >= 0.6 is 15.9 Å². The van der Waals surface area contributed by atoms with Gasteiger partial charge in [-0.2, -0.15) is 0 Å². The maximum absolute atomic E-state index is 10.5. The topological polar surface area (TPSA) is 29.5 Å². The van der Waals surface area contributed by atoms with Crippen LogP contribution in [0.15, 0.2) is 40.9 Å². The molecule has 0 aliphatic heterocycles. The number of aryl methyl sites for hydroxylation is 2. The summed E-state index contributed by atoms with van der Waals surface area (Å²) in [6.45, 7) is 4.00. The lowest BCUT2D eigenvalue weighted by atomic mass is 9.95. The van der Waals surface area contributed by atoms with Gasteiger partial charge in [0.1, 0.15) is 5.75 Å². The van der Waals surface area contributed by atoms with E-state index in [2.05, 4.69) is 15.9 Å². The minimum Gasteiger partial charge on any atom is -0.496 e. The van der Waals surface area contributed by atoms with Gasteiger partial charge in [0.2, 0.25) is 0 Å². The van der Waals surface area contributed by atoms with E-state index in [4.69, 9.17) is 4.74 Å². The van der Waals surface area contributed by atoms with Crippen molar-refractivity contribution in [3.05, 3.63) is 63.1 Å². The summed E-state index contributed by atoms with van der Waals surface area (Å²) in [5.74, 6) is 0.863. The van der Waals surface area contributed by atoms with Crippen LogP contribution in [0, 0.1) is 13.8 Å². The van der Waals surface area contributed by atoms with E-state index in [1.54, 1.807) is 7.11 Å². The van der Waals surface area contributed by atoms with Crippen molar-refractivity contribution in [3.8, 4) is 5.75 Å². The predicted octanol–water partition coefficient (Wildman–Crippen LogP) is 4.35. The van der Waals surface area contributed by atoms with E-state index in [1.807, 2.05) is 50.2 Å². The van der Waals surface area contributed by atoms with E-state index in [1.165, 1.54) is 0 Å². The highest BCUT2D eigenvalue weighted by Gasteiger charge is 2.13. The van der Waals surface area contributed by atoms with Gasteiger partial charge < -0.3 is 9.84 Å². The summed E-state index contributed by atoms with van der Waals surface area (Å²) in [6, 6.07) is 12.0. The fourth-order valence-corrected chi connectivity index (χ4v) is 2.61. The molecule has 0 saturated heterocycles. The van der Waals surface area contributed by atoms with E-state index >= 15 is 0 Å². The lowest BCUT2D eigenvalue weighted by molar-refractivity contribution is 0.177. The molecule has 0 aromatic heterocycles. The molecule has 1 atom stereocenters. The highest BCUT2D eigenvalue weighted by Crippen LogP contribution is 2.28. The zero-order valence-electron chi connectivity index (χ0n) is 12.0. The highest BCUT2D eigenvalue weighted by atomic mass is 79.9. The van der Waals surface area contributed by atoms with E-state index in [0.717, 1.165) is 32.5 Å². The third-order valence-electron chi connectivity index (χ3n) is 3.48. The van der Waals surface area contributed by atoms with Crippen LogP contribution in [-0.2, 0) is 6.42 Å². The summed E-state index contributed by atoms with van der Waals surface area (Å²) in [7, 11) is 1.67. The summed E-state index contributed by atoms with van der Waals surface area (Å²) < 4.78 is 6.35. The van der Waals surface area contributed by atoms with Crippen molar-refractivity contribution in [1.29, 1.82) is 0 Å². The van der Waals surface area contributed by atoms with Crippen LogP contribution in [0.3, 0.4) is 0 Å². The summed E-state index contributed by atoms with van der Waals surface area (Å²) in [5.41, 5.74) is 4.18. The zero-order chi connectivity index (χ0) is 14.7. The number of ether oxygens (including phenoxy) is 1. The van der Waals surface area contributed by atoms with Crippen molar-refractivity contribution >= 4 is 15.9 Å². The number of hydrogen-bond donors (Lipinski definition) is 1. The van der Waals surface area contributed by atoms with Gasteiger partial charge in [-0.1, -0.05) is 28.1 Å². The quantitative estimate of drug-likeness (QED) is 0.900. The molecule has 0 saturated carbocycles. The first-order valence-electron chi connectivity index (χ1n) is 6.59. The van der Waals surface area contributed by atoms with Crippen molar-refractivity contribution in [2.75, 3.05) is 7.11 Å². The Labute approximate surface area is 128 Å². The van der Waals surface area contributed by atoms with Crippen LogP contribution in [0.5, 0.6) is 5.75 Å². The normalized spacial score (nSPS) is 12.2. The second-order valence-electron chi connectivity index (χ2n) is 5.02.